The molecule has 2 rings (SSSR count). The van der Waals surface area contributed by atoms with Crippen LogP contribution in [-0.4, -0.2) is 37.1 Å². The zero-order chi connectivity index (χ0) is 14.0. The van der Waals surface area contributed by atoms with E-state index in [0.717, 1.165) is 5.56 Å². The lowest BCUT2D eigenvalue weighted by molar-refractivity contribution is -0.140. The lowest BCUT2D eigenvalue weighted by Gasteiger charge is -2.31. The van der Waals surface area contributed by atoms with E-state index >= 15 is 0 Å². The normalized spacial score (nSPS) is 26.4. The molecule has 2 N–H and O–H groups in total. The number of nitrogens with two attached hydrogens (primary N) is 1. The minimum Gasteiger partial charge on any atom is -0.379 e. The Hall–Kier alpha value is -1.10. The van der Waals surface area contributed by atoms with Crippen LogP contribution in [-0.2, 0) is 16.1 Å². The Morgan fingerprint density at radius 3 is 2.84 bits per heavy atom. The largest absolute Gasteiger partial charge is 0.379 e. The molecule has 0 spiro atoms. The number of hydrogen-bond donors (Lipinski definition) is 1. The third kappa shape index (κ3) is 2.76. The molecule has 2 atom stereocenters. The van der Waals surface area contributed by atoms with Crippen LogP contribution in [0.4, 0.5) is 0 Å². The Balaban J connectivity index is 2.10. The molecule has 0 saturated carbocycles. The molecule has 1 aromatic rings. The number of halogens is 1. The molecule has 1 amide bonds. The standard InChI is InChI=1S/C14H19ClN2O2/c1-14(9-19-8-12(14)16)13(18)17(2)7-10-5-3-4-6-11(10)15/h3-6,12H,7-9,16H2,1-2H3. The van der Waals surface area contributed by atoms with Crippen molar-refractivity contribution in [1.29, 1.82) is 0 Å². The smallest absolute Gasteiger partial charge is 0.232 e. The van der Waals surface area contributed by atoms with E-state index in [1.807, 2.05) is 31.2 Å². The van der Waals surface area contributed by atoms with E-state index in [0.29, 0.717) is 24.8 Å². The molecule has 4 nitrogen and oxygen atoms in total. The summed E-state index contributed by atoms with van der Waals surface area (Å²) in [5.74, 6) is -0.00239. The summed E-state index contributed by atoms with van der Waals surface area (Å²) < 4.78 is 5.32. The zero-order valence-corrected chi connectivity index (χ0v) is 12.0. The molecule has 0 radical (unpaired) electrons. The minimum atomic E-state index is -0.643. The Morgan fingerprint density at radius 1 is 1.58 bits per heavy atom. The van der Waals surface area contributed by atoms with E-state index in [-0.39, 0.29) is 11.9 Å². The van der Waals surface area contributed by atoms with Crippen LogP contribution in [0.3, 0.4) is 0 Å². The molecule has 1 fully saturated rings. The molecule has 0 aromatic heterocycles. The molecule has 1 aliphatic rings. The summed E-state index contributed by atoms with van der Waals surface area (Å²) in [7, 11) is 1.77. The summed E-state index contributed by atoms with van der Waals surface area (Å²) in [4.78, 5) is 14.2. The maximum atomic E-state index is 12.5. The van der Waals surface area contributed by atoms with Crippen LogP contribution in [0.15, 0.2) is 24.3 Å². The highest BCUT2D eigenvalue weighted by molar-refractivity contribution is 6.31. The zero-order valence-electron chi connectivity index (χ0n) is 11.2. The molecule has 1 aromatic carbocycles. The van der Waals surface area contributed by atoms with E-state index < -0.39 is 5.41 Å². The van der Waals surface area contributed by atoms with E-state index in [2.05, 4.69) is 0 Å². The Bertz CT molecular complexity index is 480. The summed E-state index contributed by atoms with van der Waals surface area (Å²) in [6.45, 7) is 3.14. The molecule has 0 aliphatic carbocycles. The molecular formula is C14H19ClN2O2. The van der Waals surface area contributed by atoms with Gasteiger partial charge >= 0.3 is 0 Å². The topological polar surface area (TPSA) is 55.6 Å². The van der Waals surface area contributed by atoms with Crippen molar-refractivity contribution < 1.29 is 9.53 Å². The number of hydrogen-bond acceptors (Lipinski definition) is 3. The molecule has 0 bridgehead atoms. The molecule has 1 aliphatic heterocycles. The van der Waals surface area contributed by atoms with Gasteiger partial charge in [0, 0.05) is 24.7 Å². The van der Waals surface area contributed by atoms with Crippen molar-refractivity contribution in [3.05, 3.63) is 34.9 Å². The van der Waals surface area contributed by atoms with Crippen molar-refractivity contribution in [2.75, 3.05) is 20.3 Å². The molecule has 2 unspecified atom stereocenters. The molecular weight excluding hydrogens is 264 g/mol. The van der Waals surface area contributed by atoms with Gasteiger partial charge in [0.05, 0.1) is 18.6 Å². The summed E-state index contributed by atoms with van der Waals surface area (Å²) >= 11 is 6.11. The highest BCUT2D eigenvalue weighted by Crippen LogP contribution is 2.30. The number of amides is 1. The molecule has 104 valence electrons. The van der Waals surface area contributed by atoms with Crippen molar-refractivity contribution in [2.24, 2.45) is 11.1 Å². The summed E-state index contributed by atoms with van der Waals surface area (Å²) in [6.07, 6.45) is 0. The number of rotatable bonds is 3. The average molecular weight is 283 g/mol. The van der Waals surface area contributed by atoms with Crippen LogP contribution in [0.2, 0.25) is 5.02 Å². The van der Waals surface area contributed by atoms with Gasteiger partial charge in [0.1, 0.15) is 0 Å². The first kappa shape index (κ1) is 14.3. The average Bonchev–Trinajstić information content (AvgIpc) is 2.72. The second kappa shape index (κ2) is 5.49. The van der Waals surface area contributed by atoms with Crippen LogP contribution < -0.4 is 5.73 Å². The van der Waals surface area contributed by atoms with Gasteiger partial charge < -0.3 is 15.4 Å². The van der Waals surface area contributed by atoms with Crippen LogP contribution in [0.25, 0.3) is 0 Å². The quantitative estimate of drug-likeness (QED) is 0.917. The minimum absolute atomic E-state index is 0.00239. The van der Waals surface area contributed by atoms with E-state index in [1.54, 1.807) is 11.9 Å². The first-order chi connectivity index (χ1) is 8.95. The Labute approximate surface area is 118 Å². The molecule has 5 heteroatoms. The monoisotopic (exact) mass is 282 g/mol. The van der Waals surface area contributed by atoms with Gasteiger partial charge in [-0.05, 0) is 18.6 Å². The molecule has 1 saturated heterocycles. The van der Waals surface area contributed by atoms with Crippen LogP contribution in [0.1, 0.15) is 12.5 Å². The number of ether oxygens (including phenoxy) is 1. The maximum absolute atomic E-state index is 12.5. The number of carbonyl (C=O) groups excluding carboxylic acids is 1. The van der Waals surface area contributed by atoms with Crippen LogP contribution in [0.5, 0.6) is 0 Å². The first-order valence-corrected chi connectivity index (χ1v) is 6.65. The summed E-state index contributed by atoms with van der Waals surface area (Å²) in [6, 6.07) is 7.26. The fourth-order valence-corrected chi connectivity index (χ4v) is 2.49. The van der Waals surface area contributed by atoms with Crippen molar-refractivity contribution in [3.8, 4) is 0 Å². The van der Waals surface area contributed by atoms with E-state index in [4.69, 9.17) is 22.1 Å². The third-order valence-corrected chi connectivity index (χ3v) is 4.09. The highest BCUT2D eigenvalue weighted by Gasteiger charge is 2.45. The van der Waals surface area contributed by atoms with Crippen molar-refractivity contribution in [3.63, 3.8) is 0 Å². The van der Waals surface area contributed by atoms with E-state index in [9.17, 15) is 4.79 Å². The van der Waals surface area contributed by atoms with Gasteiger partial charge in [-0.2, -0.15) is 0 Å². The predicted molar refractivity (Wildman–Crippen MR) is 74.8 cm³/mol. The second-order valence-electron chi connectivity index (χ2n) is 5.29. The second-order valence-corrected chi connectivity index (χ2v) is 5.70. The number of nitrogens with zero attached hydrogens (tertiary/aromatic N) is 1. The van der Waals surface area contributed by atoms with Gasteiger partial charge in [0.25, 0.3) is 0 Å². The van der Waals surface area contributed by atoms with Gasteiger partial charge in [-0.15, -0.1) is 0 Å². The lowest BCUT2D eigenvalue weighted by atomic mass is 9.84. The van der Waals surface area contributed by atoms with Gasteiger partial charge in [0.15, 0.2) is 0 Å². The summed E-state index contributed by atoms with van der Waals surface area (Å²) in [5.41, 5.74) is 6.26. The van der Waals surface area contributed by atoms with Gasteiger partial charge in [-0.25, -0.2) is 0 Å². The number of benzene rings is 1. The summed E-state index contributed by atoms with van der Waals surface area (Å²) in [5, 5.41) is 0.666. The Kier molecular flexibility index (Phi) is 4.13. The van der Waals surface area contributed by atoms with Crippen LogP contribution in [0, 0.1) is 5.41 Å². The maximum Gasteiger partial charge on any atom is 0.232 e. The lowest BCUT2D eigenvalue weighted by Crippen LogP contribution is -2.50. The van der Waals surface area contributed by atoms with Gasteiger partial charge in [-0.1, -0.05) is 29.8 Å². The number of carbonyl (C=O) groups is 1. The predicted octanol–water partition coefficient (Wildman–Crippen LogP) is 1.66. The SMILES string of the molecule is CN(Cc1ccccc1Cl)C(=O)C1(C)COCC1N. The van der Waals surface area contributed by atoms with E-state index in [1.165, 1.54) is 0 Å². The first-order valence-electron chi connectivity index (χ1n) is 6.27. The highest BCUT2D eigenvalue weighted by atomic mass is 35.5. The van der Waals surface area contributed by atoms with Gasteiger partial charge in [-0.3, -0.25) is 4.79 Å². The molecule has 1 heterocycles. The van der Waals surface area contributed by atoms with Crippen molar-refractivity contribution >= 4 is 17.5 Å². The Morgan fingerprint density at radius 2 is 2.26 bits per heavy atom. The van der Waals surface area contributed by atoms with Gasteiger partial charge in [0.2, 0.25) is 5.91 Å². The molecule has 19 heavy (non-hydrogen) atoms. The third-order valence-electron chi connectivity index (χ3n) is 3.72. The fourth-order valence-electron chi connectivity index (χ4n) is 2.30. The van der Waals surface area contributed by atoms with Crippen molar-refractivity contribution in [2.45, 2.75) is 19.5 Å². The van der Waals surface area contributed by atoms with Crippen LogP contribution >= 0.6 is 11.6 Å². The fraction of sp³-hybridized carbons (Fsp3) is 0.500. The van der Waals surface area contributed by atoms with Crippen molar-refractivity contribution in [1.82, 2.24) is 4.90 Å².